The minimum Gasteiger partial charge on any atom is -0.295 e. The van der Waals surface area contributed by atoms with Gasteiger partial charge in [-0.1, -0.05) is 36.4 Å². The van der Waals surface area contributed by atoms with Gasteiger partial charge in [-0.3, -0.25) is 9.35 Å². The molecule has 2 aromatic carbocycles. The van der Waals surface area contributed by atoms with E-state index in [-0.39, 0.29) is 0 Å². The van der Waals surface area contributed by atoms with Crippen LogP contribution in [0, 0.1) is 0 Å². The summed E-state index contributed by atoms with van der Waals surface area (Å²) >= 11 is 0. The maximum atomic E-state index is 5.15. The molecule has 2 aromatic rings. The largest absolute Gasteiger partial charge is 0.295 e. The quantitative estimate of drug-likeness (QED) is 0.362. The van der Waals surface area contributed by atoms with E-state index in [1.807, 2.05) is 0 Å². The highest BCUT2D eigenvalue weighted by atomic mass is 28.3. The second-order valence-electron chi connectivity index (χ2n) is 9.97. The highest BCUT2D eigenvalue weighted by Crippen LogP contribution is 2.26. The van der Waals surface area contributed by atoms with E-state index in [1.54, 1.807) is 0 Å². The molecule has 1 aliphatic rings. The van der Waals surface area contributed by atoms with Gasteiger partial charge in [-0.15, -0.1) is 0 Å². The summed E-state index contributed by atoms with van der Waals surface area (Å²) in [5, 5.41) is 10.3. The fraction of sp³-hybridized carbons (Fsp3) is 0.417. The van der Waals surface area contributed by atoms with E-state index < -0.39 is 16.5 Å². The lowest BCUT2D eigenvalue weighted by Crippen LogP contribution is -2.44. The monoisotopic (exact) mass is 436 g/mol. The second kappa shape index (κ2) is 9.31. The van der Waals surface area contributed by atoms with Crippen LogP contribution in [0.1, 0.15) is 25.7 Å². The lowest BCUT2D eigenvalue weighted by atomic mass is 9.97. The number of benzene rings is 2. The Morgan fingerprint density at radius 1 is 0.533 bits per heavy atom. The van der Waals surface area contributed by atoms with Gasteiger partial charge in [0.15, 0.2) is 16.5 Å². The van der Waals surface area contributed by atoms with Crippen LogP contribution in [0.2, 0.25) is 39.3 Å². The fourth-order valence-corrected chi connectivity index (χ4v) is 6.37. The lowest BCUT2D eigenvalue weighted by molar-refractivity contribution is 0.910. The molecule has 0 saturated heterocycles. The van der Waals surface area contributed by atoms with Crippen molar-refractivity contribution in [2.24, 2.45) is 10.2 Å². The minimum absolute atomic E-state index is 1.00. The normalized spacial score (nSPS) is 15.0. The summed E-state index contributed by atoms with van der Waals surface area (Å²) in [6.07, 6.45) is 4.00. The topological polar surface area (TPSA) is 31.2 Å². The summed E-state index contributed by atoms with van der Waals surface area (Å²) in [6, 6.07) is 21.2. The van der Waals surface area contributed by atoms with Crippen molar-refractivity contribution in [3.05, 3.63) is 60.7 Å². The van der Waals surface area contributed by atoms with Gasteiger partial charge in [0, 0.05) is 22.8 Å². The summed E-state index contributed by atoms with van der Waals surface area (Å²) in [6.45, 7) is 14.1. The van der Waals surface area contributed by atoms with Gasteiger partial charge in [-0.25, -0.2) is 0 Å². The van der Waals surface area contributed by atoms with Crippen molar-refractivity contribution < 1.29 is 0 Å². The van der Waals surface area contributed by atoms with Crippen LogP contribution in [-0.2, 0) is 0 Å². The molecule has 0 amide bonds. The molecule has 1 aliphatic carbocycles. The van der Waals surface area contributed by atoms with Gasteiger partial charge in [-0.05, 0) is 89.2 Å². The number of rotatable bonds is 6. The fourth-order valence-electron chi connectivity index (χ4n) is 3.64. The molecule has 4 nitrogen and oxygen atoms in total. The van der Waals surface area contributed by atoms with Crippen molar-refractivity contribution in [2.75, 3.05) is 9.35 Å². The number of para-hydroxylation sites is 2. The highest BCUT2D eigenvalue weighted by molar-refractivity contribution is 6.80. The number of hydrogen-bond donors (Lipinski definition) is 0. The van der Waals surface area contributed by atoms with Gasteiger partial charge < -0.3 is 0 Å². The Balaban J connectivity index is 1.77. The van der Waals surface area contributed by atoms with Crippen LogP contribution < -0.4 is 9.35 Å². The van der Waals surface area contributed by atoms with Gasteiger partial charge in [0.05, 0.1) is 0 Å². The summed E-state index contributed by atoms with van der Waals surface area (Å²) in [7, 11) is -3.22. The Morgan fingerprint density at radius 2 is 0.833 bits per heavy atom. The van der Waals surface area contributed by atoms with Crippen molar-refractivity contribution in [1.82, 2.24) is 0 Å². The van der Waals surface area contributed by atoms with Crippen LogP contribution in [0.3, 0.4) is 0 Å². The van der Waals surface area contributed by atoms with Crippen molar-refractivity contribution >= 4 is 39.3 Å². The molecular weight excluding hydrogens is 400 g/mol. The molecule has 0 aliphatic heterocycles. The summed E-state index contributed by atoms with van der Waals surface area (Å²) in [5.41, 5.74) is 5.02. The van der Waals surface area contributed by atoms with Gasteiger partial charge in [0.2, 0.25) is 0 Å². The second-order valence-corrected chi connectivity index (χ2v) is 19.5. The first-order valence-electron chi connectivity index (χ1n) is 11.0. The van der Waals surface area contributed by atoms with Crippen molar-refractivity contribution in [3.63, 3.8) is 0 Å². The molecular formula is C24H36N4Si2. The zero-order chi connectivity index (χ0) is 21.8. The van der Waals surface area contributed by atoms with Crippen molar-refractivity contribution in [2.45, 2.75) is 65.0 Å². The van der Waals surface area contributed by atoms with E-state index in [0.717, 1.165) is 25.7 Å². The molecule has 0 N–H and O–H groups in total. The predicted octanol–water partition coefficient (Wildman–Crippen LogP) is 6.96. The van der Waals surface area contributed by atoms with Gasteiger partial charge >= 0.3 is 0 Å². The van der Waals surface area contributed by atoms with Crippen LogP contribution in [-0.4, -0.2) is 27.9 Å². The van der Waals surface area contributed by atoms with E-state index in [1.165, 1.54) is 22.8 Å². The van der Waals surface area contributed by atoms with Gasteiger partial charge in [0.25, 0.3) is 0 Å². The molecule has 1 saturated carbocycles. The summed E-state index contributed by atoms with van der Waals surface area (Å²) in [5.74, 6) is 0. The van der Waals surface area contributed by atoms with E-state index in [4.69, 9.17) is 10.2 Å². The molecule has 0 bridgehead atoms. The molecule has 0 spiro atoms. The number of hydrogen-bond acceptors (Lipinski definition) is 4. The van der Waals surface area contributed by atoms with Gasteiger partial charge in [0.1, 0.15) is 0 Å². The van der Waals surface area contributed by atoms with E-state index >= 15 is 0 Å². The van der Waals surface area contributed by atoms with Crippen molar-refractivity contribution in [1.29, 1.82) is 0 Å². The first-order chi connectivity index (χ1) is 14.1. The molecule has 3 rings (SSSR count). The average molecular weight is 437 g/mol. The number of hydrazone groups is 2. The van der Waals surface area contributed by atoms with Crippen LogP contribution in [0.5, 0.6) is 0 Å². The third kappa shape index (κ3) is 5.92. The number of anilines is 2. The highest BCUT2D eigenvalue weighted by Gasteiger charge is 2.27. The Hall–Kier alpha value is -2.19. The van der Waals surface area contributed by atoms with Crippen molar-refractivity contribution in [3.8, 4) is 0 Å². The minimum atomic E-state index is -1.61. The first-order valence-corrected chi connectivity index (χ1v) is 17.9. The molecule has 0 heterocycles. The molecule has 6 heteroatoms. The van der Waals surface area contributed by atoms with Crippen LogP contribution in [0.4, 0.5) is 11.4 Å². The van der Waals surface area contributed by atoms with Crippen LogP contribution in [0.25, 0.3) is 0 Å². The third-order valence-corrected chi connectivity index (χ3v) is 8.42. The average Bonchev–Trinajstić information content (AvgIpc) is 2.71. The van der Waals surface area contributed by atoms with E-state index in [2.05, 4.69) is 109 Å². The van der Waals surface area contributed by atoms with E-state index in [0.29, 0.717) is 0 Å². The molecule has 0 radical (unpaired) electrons. The SMILES string of the molecule is C[Si](C)(C)N(N=C1CCC(=NN(c2ccccc2)[Si](C)(C)C)CC1)c1ccccc1. The summed E-state index contributed by atoms with van der Waals surface area (Å²) < 4.78 is 4.62. The molecule has 160 valence electrons. The molecule has 0 aromatic heterocycles. The maximum absolute atomic E-state index is 5.15. The first kappa shape index (κ1) is 22.5. The van der Waals surface area contributed by atoms with E-state index in [9.17, 15) is 0 Å². The Labute approximate surface area is 184 Å². The van der Waals surface area contributed by atoms with Crippen LogP contribution >= 0.6 is 0 Å². The maximum Gasteiger partial charge on any atom is 0.176 e. The molecule has 1 fully saturated rings. The summed E-state index contributed by atoms with van der Waals surface area (Å²) in [4.78, 5) is 0. The Bertz CT molecular complexity index is 793. The molecule has 0 atom stereocenters. The zero-order valence-corrected chi connectivity index (χ0v) is 21.4. The lowest BCUT2D eigenvalue weighted by Gasteiger charge is -2.34. The predicted molar refractivity (Wildman–Crippen MR) is 138 cm³/mol. The Kier molecular flexibility index (Phi) is 6.98. The third-order valence-electron chi connectivity index (χ3n) is 5.16. The molecule has 0 unspecified atom stereocenters. The smallest absolute Gasteiger partial charge is 0.176 e. The standard InChI is InChI=1S/C24H36N4Si2/c1-29(2,3)27(23-13-9-7-10-14-23)25-21-17-19-22(20-18-21)26-28(30(4,5)6)24-15-11-8-12-16-24/h7-16H,17-20H2,1-6H3. The Morgan fingerprint density at radius 3 is 1.10 bits per heavy atom. The number of nitrogens with zero attached hydrogens (tertiary/aromatic N) is 4. The zero-order valence-electron chi connectivity index (χ0n) is 19.4. The van der Waals surface area contributed by atoms with Gasteiger partial charge in [-0.2, -0.15) is 10.2 Å². The molecule has 30 heavy (non-hydrogen) atoms. The van der Waals surface area contributed by atoms with Crippen LogP contribution in [0.15, 0.2) is 70.9 Å².